The molecule has 1 aromatic heterocycles. The minimum Gasteiger partial charge on any atom is -0.454 e. The molecular weight excluding hydrogens is 242 g/mol. The van der Waals surface area contributed by atoms with Gasteiger partial charge >= 0.3 is 0 Å². The van der Waals surface area contributed by atoms with Crippen molar-refractivity contribution < 1.29 is 9.47 Å². The topological polar surface area (TPSA) is 57.1 Å². The average Bonchev–Trinajstić information content (AvgIpc) is 2.75. The van der Waals surface area contributed by atoms with Crippen molar-refractivity contribution in [2.75, 3.05) is 6.79 Å². The Hall–Kier alpha value is -2.17. The van der Waals surface area contributed by atoms with Crippen LogP contribution in [0.3, 0.4) is 0 Å². The molecule has 0 aliphatic carbocycles. The van der Waals surface area contributed by atoms with E-state index in [0.717, 1.165) is 39.8 Å². The monoisotopic (exact) mass is 257 g/mol. The first-order valence-electron chi connectivity index (χ1n) is 6.15. The lowest BCUT2D eigenvalue weighted by Gasteiger charge is -2.11. The van der Waals surface area contributed by atoms with Crippen LogP contribution < -0.4 is 9.47 Å². The molecule has 0 fully saturated rings. The van der Waals surface area contributed by atoms with Crippen LogP contribution in [0.1, 0.15) is 22.8 Å². The number of aromatic nitrogens is 3. The Morgan fingerprint density at radius 1 is 0.947 bits per heavy atom. The number of ether oxygens (including phenoxy) is 2. The second-order valence-electron chi connectivity index (χ2n) is 4.68. The molecule has 0 saturated carbocycles. The summed E-state index contributed by atoms with van der Waals surface area (Å²) in [6, 6.07) is 1.97. The van der Waals surface area contributed by atoms with Gasteiger partial charge in [-0.05, 0) is 39.3 Å². The number of nitrogens with zero attached hydrogens (tertiary/aromatic N) is 3. The Morgan fingerprint density at radius 2 is 1.63 bits per heavy atom. The van der Waals surface area contributed by atoms with E-state index in [4.69, 9.17) is 9.47 Å². The van der Waals surface area contributed by atoms with E-state index in [9.17, 15) is 0 Å². The summed E-state index contributed by atoms with van der Waals surface area (Å²) in [6.07, 6.45) is 0. The predicted molar refractivity (Wildman–Crippen MR) is 70.3 cm³/mol. The molecule has 5 nitrogen and oxygen atoms in total. The fourth-order valence-corrected chi connectivity index (χ4v) is 2.44. The first-order valence-corrected chi connectivity index (χ1v) is 6.15. The first-order chi connectivity index (χ1) is 9.06. The lowest BCUT2D eigenvalue weighted by Crippen LogP contribution is -2.01. The highest BCUT2D eigenvalue weighted by Gasteiger charge is 2.22. The van der Waals surface area contributed by atoms with E-state index in [0.29, 0.717) is 5.82 Å². The number of rotatable bonds is 1. The van der Waals surface area contributed by atoms with Gasteiger partial charge in [-0.1, -0.05) is 0 Å². The minimum absolute atomic E-state index is 0.272. The smallest absolute Gasteiger partial charge is 0.231 e. The Bertz CT molecular complexity index is 648. The lowest BCUT2D eigenvalue weighted by atomic mass is 10.0. The van der Waals surface area contributed by atoms with E-state index < -0.39 is 0 Å². The molecule has 0 N–H and O–H groups in total. The molecule has 98 valence electrons. The van der Waals surface area contributed by atoms with Gasteiger partial charge < -0.3 is 9.47 Å². The molecule has 0 amide bonds. The third kappa shape index (κ3) is 1.91. The quantitative estimate of drug-likeness (QED) is 0.785. The first kappa shape index (κ1) is 11.9. The van der Waals surface area contributed by atoms with E-state index in [1.807, 2.05) is 33.8 Å². The van der Waals surface area contributed by atoms with E-state index in [2.05, 4.69) is 15.0 Å². The number of fused-ring (bicyclic) bond motifs is 1. The van der Waals surface area contributed by atoms with Crippen LogP contribution in [-0.4, -0.2) is 21.7 Å². The van der Waals surface area contributed by atoms with Crippen molar-refractivity contribution in [2.24, 2.45) is 0 Å². The fraction of sp³-hybridized carbons (Fsp3) is 0.357. The van der Waals surface area contributed by atoms with Crippen molar-refractivity contribution in [2.45, 2.75) is 27.7 Å². The zero-order valence-corrected chi connectivity index (χ0v) is 11.4. The largest absolute Gasteiger partial charge is 0.454 e. The number of benzene rings is 1. The summed E-state index contributed by atoms with van der Waals surface area (Å²) in [5.41, 5.74) is 3.09. The molecular formula is C14H15N3O2. The summed E-state index contributed by atoms with van der Waals surface area (Å²) in [5, 5.41) is 0. The highest BCUT2D eigenvalue weighted by Crippen LogP contribution is 2.41. The van der Waals surface area contributed by atoms with Gasteiger partial charge in [-0.2, -0.15) is 0 Å². The third-order valence-electron chi connectivity index (χ3n) is 3.18. The average molecular weight is 257 g/mol. The predicted octanol–water partition coefficient (Wildman–Crippen LogP) is 2.50. The second kappa shape index (κ2) is 4.19. The molecule has 2 heterocycles. The number of aryl methyl sites for hydroxylation is 3. The maximum atomic E-state index is 5.51. The summed E-state index contributed by atoms with van der Waals surface area (Å²) in [7, 11) is 0. The van der Waals surface area contributed by atoms with Crippen LogP contribution >= 0.6 is 0 Å². The fourth-order valence-electron chi connectivity index (χ4n) is 2.44. The zero-order chi connectivity index (χ0) is 13.6. The standard InChI is InChI=1S/C14H15N3O2/c1-7-5-11-13(19-6-18-11)8(2)12(7)14-16-9(3)15-10(4)17-14/h5H,6H2,1-4H3. The van der Waals surface area contributed by atoms with Crippen LogP contribution in [0.5, 0.6) is 11.5 Å². The lowest BCUT2D eigenvalue weighted by molar-refractivity contribution is 0.173. The highest BCUT2D eigenvalue weighted by atomic mass is 16.7. The maximum Gasteiger partial charge on any atom is 0.231 e. The number of hydrogen-bond acceptors (Lipinski definition) is 5. The summed E-state index contributed by atoms with van der Waals surface area (Å²) in [4.78, 5) is 13.1. The summed E-state index contributed by atoms with van der Waals surface area (Å²) in [6.45, 7) is 8.04. The van der Waals surface area contributed by atoms with Gasteiger partial charge in [0.05, 0.1) is 0 Å². The van der Waals surface area contributed by atoms with Crippen molar-refractivity contribution in [1.82, 2.24) is 15.0 Å². The van der Waals surface area contributed by atoms with E-state index in [1.165, 1.54) is 0 Å². The van der Waals surface area contributed by atoms with E-state index in [1.54, 1.807) is 0 Å². The van der Waals surface area contributed by atoms with Gasteiger partial charge in [0.2, 0.25) is 6.79 Å². The molecule has 0 spiro atoms. The van der Waals surface area contributed by atoms with Crippen molar-refractivity contribution in [3.05, 3.63) is 28.8 Å². The summed E-state index contributed by atoms with van der Waals surface area (Å²) in [5.74, 6) is 3.72. The molecule has 0 atom stereocenters. The van der Waals surface area contributed by atoms with Crippen molar-refractivity contribution in [3.63, 3.8) is 0 Å². The number of hydrogen-bond donors (Lipinski definition) is 0. The molecule has 1 aromatic carbocycles. The van der Waals surface area contributed by atoms with Crippen LogP contribution in [0, 0.1) is 27.7 Å². The van der Waals surface area contributed by atoms with Crippen molar-refractivity contribution in [1.29, 1.82) is 0 Å². The summed E-state index contributed by atoms with van der Waals surface area (Å²) < 4.78 is 10.9. The van der Waals surface area contributed by atoms with Gasteiger partial charge in [0.1, 0.15) is 11.6 Å². The molecule has 1 aliphatic rings. The molecule has 3 rings (SSSR count). The van der Waals surface area contributed by atoms with Crippen molar-refractivity contribution >= 4 is 0 Å². The molecule has 19 heavy (non-hydrogen) atoms. The van der Waals surface area contributed by atoms with Crippen molar-refractivity contribution in [3.8, 4) is 22.9 Å². The van der Waals surface area contributed by atoms with Crippen LogP contribution in [0.15, 0.2) is 6.07 Å². The Balaban J connectivity index is 2.25. The Morgan fingerprint density at radius 3 is 2.32 bits per heavy atom. The molecule has 1 aliphatic heterocycles. The van der Waals surface area contributed by atoms with Gasteiger partial charge in [-0.3, -0.25) is 0 Å². The van der Waals surface area contributed by atoms with Gasteiger partial charge in [0, 0.05) is 11.1 Å². The zero-order valence-electron chi connectivity index (χ0n) is 11.4. The van der Waals surface area contributed by atoms with Crippen LogP contribution in [0.25, 0.3) is 11.4 Å². The normalized spacial score (nSPS) is 12.8. The van der Waals surface area contributed by atoms with E-state index in [-0.39, 0.29) is 6.79 Å². The minimum atomic E-state index is 0.272. The molecule has 5 heteroatoms. The molecule has 0 unspecified atom stereocenters. The van der Waals surface area contributed by atoms with Gasteiger partial charge in [0.25, 0.3) is 0 Å². The third-order valence-corrected chi connectivity index (χ3v) is 3.18. The van der Waals surface area contributed by atoms with E-state index >= 15 is 0 Å². The molecule has 0 saturated heterocycles. The molecule has 0 radical (unpaired) electrons. The Labute approximate surface area is 111 Å². The van der Waals surface area contributed by atoms with Crippen LogP contribution in [0.4, 0.5) is 0 Å². The van der Waals surface area contributed by atoms with Gasteiger partial charge in [-0.15, -0.1) is 0 Å². The van der Waals surface area contributed by atoms with Gasteiger partial charge in [0.15, 0.2) is 17.3 Å². The Kier molecular flexibility index (Phi) is 2.62. The molecule has 2 aromatic rings. The van der Waals surface area contributed by atoms with Gasteiger partial charge in [-0.25, -0.2) is 15.0 Å². The summed E-state index contributed by atoms with van der Waals surface area (Å²) >= 11 is 0. The van der Waals surface area contributed by atoms with Crippen LogP contribution in [-0.2, 0) is 0 Å². The maximum absolute atomic E-state index is 5.51. The SMILES string of the molecule is Cc1nc(C)nc(-c2c(C)cc3c(c2C)OCO3)n1. The highest BCUT2D eigenvalue weighted by molar-refractivity contribution is 5.71. The second-order valence-corrected chi connectivity index (χ2v) is 4.68. The molecule has 0 bridgehead atoms. The van der Waals surface area contributed by atoms with Crippen LogP contribution in [0.2, 0.25) is 0 Å².